The molecule has 0 N–H and O–H groups in total. The van der Waals surface area contributed by atoms with Crippen LogP contribution in [0.2, 0.25) is 0 Å². The Labute approximate surface area is 122 Å². The molecule has 0 radical (unpaired) electrons. The molecule has 0 bridgehead atoms. The Balaban J connectivity index is 2.58. The van der Waals surface area contributed by atoms with Gasteiger partial charge >= 0.3 is 0 Å². The van der Waals surface area contributed by atoms with Crippen LogP contribution in [0.1, 0.15) is 17.5 Å². The molecule has 0 unspecified atom stereocenters. The van der Waals surface area contributed by atoms with Crippen molar-refractivity contribution in [2.24, 2.45) is 0 Å². The van der Waals surface area contributed by atoms with E-state index < -0.39 is 0 Å². The van der Waals surface area contributed by atoms with Gasteiger partial charge in [-0.1, -0.05) is 50.1 Å². The number of hydrogen-bond acceptors (Lipinski definition) is 1. The lowest BCUT2D eigenvalue weighted by Crippen LogP contribution is -1.96. The van der Waals surface area contributed by atoms with Crippen molar-refractivity contribution in [1.29, 1.82) is 0 Å². The zero-order valence-corrected chi connectivity index (χ0v) is 12.7. The van der Waals surface area contributed by atoms with Crippen LogP contribution in [-0.4, -0.2) is 0 Å². The van der Waals surface area contributed by atoms with Crippen LogP contribution in [0.3, 0.4) is 0 Å². The molecule has 2 aromatic rings. The van der Waals surface area contributed by atoms with Crippen LogP contribution in [0, 0.1) is 0 Å². The first kappa shape index (κ1) is 12.1. The summed E-state index contributed by atoms with van der Waals surface area (Å²) in [5.74, 6) is 0. The number of halogens is 2. The predicted octanol–water partition coefficient (Wildman–Crippen LogP) is 4.68. The van der Waals surface area contributed by atoms with Crippen LogP contribution in [0.4, 0.5) is 0 Å². The van der Waals surface area contributed by atoms with Crippen LogP contribution >= 0.6 is 31.9 Å². The largest absolute Gasteiger partial charge is 0.289 e. The molecular formula is C15H10Br2O. The molecule has 0 aliphatic heterocycles. The minimum Gasteiger partial charge on any atom is -0.289 e. The molecule has 1 nitrogen and oxygen atoms in total. The van der Waals surface area contributed by atoms with E-state index in [1.54, 1.807) is 6.07 Å². The number of benzene rings is 1. The normalized spacial score (nSPS) is 13.7. The van der Waals surface area contributed by atoms with Crippen molar-refractivity contribution < 1.29 is 0 Å². The van der Waals surface area contributed by atoms with Gasteiger partial charge in [0.2, 0.25) is 0 Å². The van der Waals surface area contributed by atoms with E-state index in [0.29, 0.717) is 0 Å². The van der Waals surface area contributed by atoms with E-state index in [1.807, 2.05) is 18.2 Å². The monoisotopic (exact) mass is 364 g/mol. The summed E-state index contributed by atoms with van der Waals surface area (Å²) in [6, 6.07) is 7.60. The Bertz CT molecular complexity index is 733. The number of fused-ring (bicyclic) bond motifs is 3. The third-order valence-electron chi connectivity index (χ3n) is 3.26. The summed E-state index contributed by atoms with van der Waals surface area (Å²) in [4.78, 5) is 12.2. The van der Waals surface area contributed by atoms with Gasteiger partial charge in [0.1, 0.15) is 0 Å². The first-order valence-corrected chi connectivity index (χ1v) is 7.37. The molecule has 0 fully saturated rings. The molecule has 18 heavy (non-hydrogen) atoms. The first-order chi connectivity index (χ1) is 8.66. The van der Waals surface area contributed by atoms with Crippen molar-refractivity contribution in [3.05, 3.63) is 60.6 Å². The second kappa shape index (κ2) is 4.63. The van der Waals surface area contributed by atoms with Gasteiger partial charge in [0.05, 0.1) is 0 Å². The zero-order valence-electron chi connectivity index (χ0n) is 9.54. The summed E-state index contributed by atoms with van der Waals surface area (Å²) in [5, 5.41) is 1.84. The molecule has 0 spiro atoms. The minimum atomic E-state index is 0.0565. The molecule has 3 heteroatoms. The molecular weight excluding hydrogens is 356 g/mol. The fourth-order valence-corrected chi connectivity index (χ4v) is 3.36. The molecule has 0 atom stereocenters. The van der Waals surface area contributed by atoms with Crippen molar-refractivity contribution in [2.75, 3.05) is 0 Å². The summed E-state index contributed by atoms with van der Waals surface area (Å²) in [6.45, 7) is 0. The lowest BCUT2D eigenvalue weighted by Gasteiger charge is -2.10. The van der Waals surface area contributed by atoms with Crippen molar-refractivity contribution in [3.8, 4) is 0 Å². The summed E-state index contributed by atoms with van der Waals surface area (Å²) in [6.07, 6.45) is 6.27. The van der Waals surface area contributed by atoms with Crippen molar-refractivity contribution >= 4 is 48.7 Å². The first-order valence-electron chi connectivity index (χ1n) is 5.78. The zero-order chi connectivity index (χ0) is 12.7. The second-order valence-corrected chi connectivity index (χ2v) is 6.15. The van der Waals surface area contributed by atoms with Crippen LogP contribution in [0.25, 0.3) is 16.8 Å². The maximum atomic E-state index is 12.2. The van der Waals surface area contributed by atoms with Gasteiger partial charge in [-0.15, -0.1) is 0 Å². The standard InChI is InChI=1S/C15H10Br2O/c16-9-5-6-11-10-3-1-2-4-12(10)14(17)8-15(18)13(11)7-9/h2,4-8H,1,3H2. The lowest BCUT2D eigenvalue weighted by molar-refractivity contribution is 0.997. The predicted molar refractivity (Wildman–Crippen MR) is 83.0 cm³/mol. The maximum Gasteiger partial charge on any atom is 0.187 e. The Morgan fingerprint density at radius 2 is 1.89 bits per heavy atom. The summed E-state index contributed by atoms with van der Waals surface area (Å²) >= 11 is 6.95. The number of aryl methyl sites for hydroxylation is 1. The molecule has 3 rings (SSSR count). The lowest BCUT2D eigenvalue weighted by atomic mass is 9.96. The van der Waals surface area contributed by atoms with Gasteiger partial charge in [-0.3, -0.25) is 4.79 Å². The van der Waals surface area contributed by atoms with Gasteiger partial charge < -0.3 is 0 Å². The second-order valence-electron chi connectivity index (χ2n) is 4.38. The Morgan fingerprint density at radius 1 is 1.06 bits per heavy atom. The van der Waals surface area contributed by atoms with Gasteiger partial charge in [-0.05, 0) is 41.5 Å². The molecule has 90 valence electrons. The third-order valence-corrected chi connectivity index (χ3v) is 4.41. The average molecular weight is 366 g/mol. The highest BCUT2D eigenvalue weighted by atomic mass is 79.9. The Kier molecular flexibility index (Phi) is 3.12. The summed E-state index contributed by atoms with van der Waals surface area (Å²) < 4.78 is 1.82. The topological polar surface area (TPSA) is 17.1 Å². The van der Waals surface area contributed by atoms with Gasteiger partial charge in [0, 0.05) is 20.4 Å². The molecule has 0 saturated heterocycles. The van der Waals surface area contributed by atoms with Crippen molar-refractivity contribution in [3.63, 3.8) is 0 Å². The van der Waals surface area contributed by atoms with E-state index in [0.717, 1.165) is 38.1 Å². The van der Waals surface area contributed by atoms with Crippen LogP contribution < -0.4 is 5.43 Å². The van der Waals surface area contributed by atoms with E-state index in [2.05, 4.69) is 44.0 Å². The molecule has 0 amide bonds. The molecule has 0 saturated carbocycles. The van der Waals surface area contributed by atoms with Crippen molar-refractivity contribution in [1.82, 2.24) is 0 Å². The van der Waals surface area contributed by atoms with Crippen LogP contribution in [-0.2, 0) is 6.42 Å². The van der Waals surface area contributed by atoms with Gasteiger partial charge in [-0.25, -0.2) is 0 Å². The molecule has 0 heterocycles. The third kappa shape index (κ3) is 1.95. The van der Waals surface area contributed by atoms with E-state index in [-0.39, 0.29) is 5.43 Å². The minimum absolute atomic E-state index is 0.0565. The van der Waals surface area contributed by atoms with E-state index in [4.69, 9.17) is 0 Å². The summed E-state index contributed by atoms with van der Waals surface area (Å²) in [5.41, 5.74) is 2.45. The molecule has 1 aliphatic rings. The maximum absolute atomic E-state index is 12.2. The number of rotatable bonds is 0. The SMILES string of the molecule is O=c1cc(Br)c2c(c3ccc(Br)cc13)CCC=C2. The average Bonchev–Trinajstić information content (AvgIpc) is 2.47. The number of allylic oxidation sites excluding steroid dienone is 1. The highest BCUT2D eigenvalue weighted by molar-refractivity contribution is 9.10. The van der Waals surface area contributed by atoms with Crippen LogP contribution in [0.15, 0.2) is 44.1 Å². The van der Waals surface area contributed by atoms with E-state index in [1.165, 1.54) is 5.56 Å². The summed E-state index contributed by atoms with van der Waals surface area (Å²) in [7, 11) is 0. The number of hydrogen-bond donors (Lipinski definition) is 0. The quantitative estimate of drug-likeness (QED) is 0.662. The Hall–Kier alpha value is -0.930. The van der Waals surface area contributed by atoms with Crippen LogP contribution in [0.5, 0.6) is 0 Å². The fourth-order valence-electron chi connectivity index (χ4n) is 2.42. The van der Waals surface area contributed by atoms with Gasteiger partial charge in [-0.2, -0.15) is 0 Å². The molecule has 0 aromatic heterocycles. The van der Waals surface area contributed by atoms with Gasteiger partial charge in [0.25, 0.3) is 0 Å². The van der Waals surface area contributed by atoms with E-state index >= 15 is 0 Å². The van der Waals surface area contributed by atoms with Gasteiger partial charge in [0.15, 0.2) is 5.43 Å². The molecule has 2 aromatic carbocycles. The fraction of sp³-hybridized carbons (Fsp3) is 0.133. The highest BCUT2D eigenvalue weighted by Crippen LogP contribution is 2.31. The highest BCUT2D eigenvalue weighted by Gasteiger charge is 2.12. The Morgan fingerprint density at radius 3 is 2.72 bits per heavy atom. The van der Waals surface area contributed by atoms with Crippen molar-refractivity contribution in [2.45, 2.75) is 12.8 Å². The molecule has 1 aliphatic carbocycles. The van der Waals surface area contributed by atoms with E-state index in [9.17, 15) is 4.79 Å². The smallest absolute Gasteiger partial charge is 0.187 e.